The number of nitrogens with zero attached hydrogens (tertiary/aromatic N) is 4. The Kier molecular flexibility index (Phi) is 5.64. The number of fused-ring (bicyclic) bond motifs is 2. The molecule has 0 atom stereocenters. The van der Waals surface area contributed by atoms with Crippen LogP contribution in [0.25, 0.3) is 10.1 Å². The van der Waals surface area contributed by atoms with Crippen LogP contribution < -0.4 is 9.80 Å². The zero-order chi connectivity index (χ0) is 22.5. The predicted octanol–water partition coefficient (Wildman–Crippen LogP) is 5.09. The first-order valence-electron chi connectivity index (χ1n) is 11.3. The molecule has 0 radical (unpaired) electrons. The van der Waals surface area contributed by atoms with Crippen LogP contribution in [0.5, 0.6) is 0 Å². The molecule has 0 bridgehead atoms. The summed E-state index contributed by atoms with van der Waals surface area (Å²) in [5.41, 5.74) is 3.08. The van der Waals surface area contributed by atoms with Crippen LogP contribution >= 0.6 is 23.1 Å². The number of carbonyl (C=O) groups is 1. The molecule has 2 aromatic carbocycles. The molecular formula is C25H29ClN4OS. The van der Waals surface area contributed by atoms with Crippen LogP contribution in [-0.2, 0) is 10.2 Å². The van der Waals surface area contributed by atoms with E-state index >= 15 is 0 Å². The van der Waals surface area contributed by atoms with Gasteiger partial charge >= 0.3 is 0 Å². The molecule has 2 aliphatic rings. The molecule has 5 nitrogen and oxygen atoms in total. The van der Waals surface area contributed by atoms with Gasteiger partial charge in [0.1, 0.15) is 5.82 Å². The number of carbonyl (C=O) groups excluding carboxylic acids is 1. The Bertz CT molecular complexity index is 1170. The summed E-state index contributed by atoms with van der Waals surface area (Å²) < 4.78 is 5.95. The first kappa shape index (κ1) is 21.7. The number of amides is 1. The molecule has 0 aliphatic carbocycles. The molecule has 7 heteroatoms. The van der Waals surface area contributed by atoms with Crippen LogP contribution in [0.1, 0.15) is 31.4 Å². The third-order valence-electron chi connectivity index (χ3n) is 6.93. The standard InChI is InChI=1S/C25H29ClN4OS/c1-17-20(26)9-8-19-23(17)30(22(31)16-25(19,2)3)15-12-28-10-13-29(14-11-28)24-18-6-4-5-7-21(18)32-27-24/h4-9H,10-16H2,1-3H3. The minimum absolute atomic E-state index is 0.166. The van der Waals surface area contributed by atoms with Crippen molar-refractivity contribution in [3.63, 3.8) is 0 Å². The van der Waals surface area contributed by atoms with Gasteiger partial charge in [0.25, 0.3) is 0 Å². The van der Waals surface area contributed by atoms with Crippen molar-refractivity contribution in [1.82, 2.24) is 9.27 Å². The van der Waals surface area contributed by atoms with Crippen molar-refractivity contribution in [3.05, 3.63) is 52.5 Å². The average Bonchev–Trinajstić information content (AvgIpc) is 3.20. The Morgan fingerprint density at radius 2 is 1.81 bits per heavy atom. The number of anilines is 2. The highest BCUT2D eigenvalue weighted by atomic mass is 35.5. The van der Waals surface area contributed by atoms with Crippen LogP contribution in [0.2, 0.25) is 5.02 Å². The molecule has 1 amide bonds. The van der Waals surface area contributed by atoms with Crippen molar-refractivity contribution >= 4 is 50.6 Å². The highest BCUT2D eigenvalue weighted by Gasteiger charge is 2.38. The van der Waals surface area contributed by atoms with Gasteiger partial charge in [-0.25, -0.2) is 0 Å². The summed E-state index contributed by atoms with van der Waals surface area (Å²) in [6, 6.07) is 12.5. The smallest absolute Gasteiger partial charge is 0.227 e. The molecule has 5 rings (SSSR count). The van der Waals surface area contributed by atoms with E-state index in [1.165, 1.54) is 15.6 Å². The number of aromatic nitrogens is 1. The molecule has 168 valence electrons. The number of hydrogen-bond acceptors (Lipinski definition) is 5. The van der Waals surface area contributed by atoms with E-state index in [2.05, 4.69) is 54.0 Å². The second kappa shape index (κ2) is 8.32. The first-order chi connectivity index (χ1) is 15.3. The van der Waals surface area contributed by atoms with E-state index in [0.29, 0.717) is 13.0 Å². The van der Waals surface area contributed by atoms with Gasteiger partial charge in [-0.1, -0.05) is 43.6 Å². The van der Waals surface area contributed by atoms with Crippen molar-refractivity contribution in [3.8, 4) is 0 Å². The van der Waals surface area contributed by atoms with Crippen molar-refractivity contribution in [1.29, 1.82) is 0 Å². The lowest BCUT2D eigenvalue weighted by Gasteiger charge is -2.41. The molecule has 1 fully saturated rings. The van der Waals surface area contributed by atoms with E-state index in [-0.39, 0.29) is 11.3 Å². The van der Waals surface area contributed by atoms with Crippen molar-refractivity contribution in [2.75, 3.05) is 49.1 Å². The van der Waals surface area contributed by atoms with Crippen LogP contribution in [0.3, 0.4) is 0 Å². The largest absolute Gasteiger partial charge is 0.353 e. The molecular weight excluding hydrogens is 440 g/mol. The lowest BCUT2D eigenvalue weighted by Crippen LogP contribution is -2.50. The fourth-order valence-electron chi connectivity index (χ4n) is 5.02. The van der Waals surface area contributed by atoms with Crippen molar-refractivity contribution in [2.45, 2.75) is 32.6 Å². The summed E-state index contributed by atoms with van der Waals surface area (Å²) >= 11 is 8.02. The van der Waals surface area contributed by atoms with Gasteiger partial charge in [0.15, 0.2) is 0 Å². The lowest BCUT2D eigenvalue weighted by molar-refractivity contribution is -0.120. The Labute approximate surface area is 198 Å². The predicted molar refractivity (Wildman–Crippen MR) is 134 cm³/mol. The summed E-state index contributed by atoms with van der Waals surface area (Å²) in [7, 11) is 0. The highest BCUT2D eigenvalue weighted by Crippen LogP contribution is 2.43. The molecule has 0 saturated carbocycles. The first-order valence-corrected chi connectivity index (χ1v) is 12.4. The van der Waals surface area contributed by atoms with Gasteiger partial charge in [-0.15, -0.1) is 0 Å². The summed E-state index contributed by atoms with van der Waals surface area (Å²) in [6.45, 7) is 11.7. The van der Waals surface area contributed by atoms with Crippen molar-refractivity contribution in [2.24, 2.45) is 0 Å². The van der Waals surface area contributed by atoms with Gasteiger partial charge < -0.3 is 9.80 Å². The fourth-order valence-corrected chi connectivity index (χ4v) is 5.97. The Hall–Kier alpha value is -2.15. The van der Waals surface area contributed by atoms with Gasteiger partial charge in [-0.05, 0) is 47.8 Å². The molecule has 3 heterocycles. The zero-order valence-electron chi connectivity index (χ0n) is 18.9. The molecule has 1 aromatic heterocycles. The van der Waals surface area contributed by atoms with Gasteiger partial charge in [0.2, 0.25) is 5.91 Å². The Balaban J connectivity index is 1.27. The minimum Gasteiger partial charge on any atom is -0.353 e. The third kappa shape index (κ3) is 3.78. The van der Waals surface area contributed by atoms with Gasteiger partial charge in [-0.2, -0.15) is 4.37 Å². The molecule has 0 N–H and O–H groups in total. The Morgan fingerprint density at radius 1 is 1.06 bits per heavy atom. The number of benzene rings is 2. The molecule has 0 spiro atoms. The second-order valence-electron chi connectivity index (χ2n) is 9.51. The SMILES string of the molecule is Cc1c(Cl)ccc2c1N(CCN1CCN(c3nsc4ccccc34)CC1)C(=O)CC2(C)C. The summed E-state index contributed by atoms with van der Waals surface area (Å²) in [5.74, 6) is 1.30. The van der Waals surface area contributed by atoms with E-state index in [1.807, 2.05) is 17.9 Å². The van der Waals surface area contributed by atoms with Crippen LogP contribution in [-0.4, -0.2) is 54.4 Å². The third-order valence-corrected chi connectivity index (χ3v) is 8.15. The average molecular weight is 469 g/mol. The Morgan fingerprint density at radius 3 is 2.59 bits per heavy atom. The molecule has 3 aromatic rings. The van der Waals surface area contributed by atoms with E-state index in [9.17, 15) is 4.79 Å². The van der Waals surface area contributed by atoms with Crippen LogP contribution in [0.15, 0.2) is 36.4 Å². The number of rotatable bonds is 4. The fraction of sp³-hybridized carbons (Fsp3) is 0.440. The summed E-state index contributed by atoms with van der Waals surface area (Å²) in [5, 5.41) is 1.97. The van der Waals surface area contributed by atoms with E-state index < -0.39 is 0 Å². The highest BCUT2D eigenvalue weighted by molar-refractivity contribution is 7.13. The molecule has 2 aliphatic heterocycles. The number of halogens is 1. The quantitative estimate of drug-likeness (QED) is 0.534. The maximum absolute atomic E-state index is 13.1. The maximum Gasteiger partial charge on any atom is 0.227 e. The maximum atomic E-state index is 13.1. The summed E-state index contributed by atoms with van der Waals surface area (Å²) in [6.07, 6.45) is 0.533. The molecule has 32 heavy (non-hydrogen) atoms. The van der Waals surface area contributed by atoms with Crippen LogP contribution in [0, 0.1) is 6.92 Å². The van der Waals surface area contributed by atoms with Gasteiger partial charge in [-0.3, -0.25) is 9.69 Å². The second-order valence-corrected chi connectivity index (χ2v) is 10.7. The summed E-state index contributed by atoms with van der Waals surface area (Å²) in [4.78, 5) is 19.9. The van der Waals surface area contributed by atoms with Crippen LogP contribution in [0.4, 0.5) is 11.5 Å². The topological polar surface area (TPSA) is 39.7 Å². The minimum atomic E-state index is -0.166. The number of piperazine rings is 1. The van der Waals surface area contributed by atoms with E-state index in [0.717, 1.165) is 54.8 Å². The molecule has 1 saturated heterocycles. The lowest BCUT2D eigenvalue weighted by atomic mass is 9.76. The van der Waals surface area contributed by atoms with E-state index in [4.69, 9.17) is 16.0 Å². The van der Waals surface area contributed by atoms with E-state index in [1.54, 1.807) is 11.5 Å². The van der Waals surface area contributed by atoms with Crippen molar-refractivity contribution < 1.29 is 4.79 Å². The molecule has 0 unspecified atom stereocenters. The van der Waals surface area contributed by atoms with Gasteiger partial charge in [0, 0.05) is 61.5 Å². The number of hydrogen-bond donors (Lipinski definition) is 0. The normalized spacial score (nSPS) is 18.9. The monoisotopic (exact) mass is 468 g/mol. The zero-order valence-corrected chi connectivity index (χ0v) is 20.5. The van der Waals surface area contributed by atoms with Gasteiger partial charge in [0.05, 0.1) is 10.4 Å².